The molecule has 1 atom stereocenters. The van der Waals surface area contributed by atoms with E-state index in [4.69, 9.17) is 4.74 Å². The Balaban J connectivity index is 1.75. The van der Waals surface area contributed by atoms with Crippen LogP contribution in [0.4, 0.5) is 0 Å². The van der Waals surface area contributed by atoms with Crippen LogP contribution in [-0.4, -0.2) is 29.4 Å². The summed E-state index contributed by atoms with van der Waals surface area (Å²) >= 11 is 3.14. The van der Waals surface area contributed by atoms with Crippen molar-refractivity contribution in [2.75, 3.05) is 13.7 Å². The first kappa shape index (κ1) is 17.6. The maximum Gasteiger partial charge on any atom is 0.273 e. The smallest absolute Gasteiger partial charge is 0.273 e. The van der Waals surface area contributed by atoms with E-state index in [0.717, 1.165) is 21.2 Å². The average molecular weight is 373 g/mol. The Morgan fingerprint density at radius 2 is 2.00 bits per heavy atom. The molecule has 1 unspecified atom stereocenters. The van der Waals surface area contributed by atoms with Gasteiger partial charge in [-0.05, 0) is 49.6 Å². The van der Waals surface area contributed by atoms with E-state index in [-0.39, 0.29) is 11.9 Å². The molecular formula is C19H20N2O2S2. The molecule has 0 N–H and O–H groups in total. The lowest BCUT2D eigenvalue weighted by atomic mass is 10.2. The largest absolute Gasteiger partial charge is 0.494 e. The maximum atomic E-state index is 12.7. The average Bonchev–Trinajstić information content (AvgIpc) is 3.32. The Labute approximate surface area is 155 Å². The molecule has 130 valence electrons. The zero-order chi connectivity index (χ0) is 17.8. The highest BCUT2D eigenvalue weighted by molar-refractivity contribution is 7.13. The second kappa shape index (κ2) is 7.80. The lowest BCUT2D eigenvalue weighted by molar-refractivity contribution is 0.0740. The van der Waals surface area contributed by atoms with Crippen LogP contribution in [-0.2, 0) is 0 Å². The Morgan fingerprint density at radius 1 is 1.24 bits per heavy atom. The Kier molecular flexibility index (Phi) is 5.50. The number of hydrogen-bond donors (Lipinski definition) is 0. The molecule has 1 aromatic carbocycles. The minimum atomic E-state index is -0.0608. The fourth-order valence-electron chi connectivity index (χ4n) is 2.44. The fraction of sp³-hybridized carbons (Fsp3) is 0.263. The van der Waals surface area contributed by atoms with Crippen molar-refractivity contribution in [2.24, 2.45) is 0 Å². The SMILES string of the molecule is CCOc1ccc(-c2nc(C(=O)N(C)C(C)c3cccs3)cs2)cc1. The van der Waals surface area contributed by atoms with E-state index >= 15 is 0 Å². The van der Waals surface area contributed by atoms with Gasteiger partial charge in [0, 0.05) is 22.9 Å². The zero-order valence-corrected chi connectivity index (χ0v) is 16.1. The summed E-state index contributed by atoms with van der Waals surface area (Å²) in [6.07, 6.45) is 0. The number of nitrogens with zero attached hydrogens (tertiary/aromatic N) is 2. The first-order valence-electron chi connectivity index (χ1n) is 8.09. The molecule has 0 aliphatic rings. The minimum absolute atomic E-state index is 0.0307. The fourth-order valence-corrected chi connectivity index (χ4v) is 4.07. The van der Waals surface area contributed by atoms with Gasteiger partial charge in [0.15, 0.2) is 0 Å². The van der Waals surface area contributed by atoms with Crippen LogP contribution in [0.2, 0.25) is 0 Å². The highest BCUT2D eigenvalue weighted by Crippen LogP contribution is 2.28. The van der Waals surface area contributed by atoms with Gasteiger partial charge in [-0.1, -0.05) is 6.07 Å². The number of rotatable bonds is 6. The van der Waals surface area contributed by atoms with Crippen molar-refractivity contribution in [3.63, 3.8) is 0 Å². The topological polar surface area (TPSA) is 42.4 Å². The number of ether oxygens (including phenoxy) is 1. The Morgan fingerprint density at radius 3 is 2.64 bits per heavy atom. The number of thiazole rings is 1. The summed E-state index contributed by atoms with van der Waals surface area (Å²) in [4.78, 5) is 20.2. The predicted octanol–water partition coefficient (Wildman–Crippen LogP) is 5.10. The van der Waals surface area contributed by atoms with Crippen molar-refractivity contribution in [3.8, 4) is 16.3 Å². The molecule has 0 fully saturated rings. The zero-order valence-electron chi connectivity index (χ0n) is 14.4. The van der Waals surface area contributed by atoms with Crippen molar-refractivity contribution < 1.29 is 9.53 Å². The number of carbonyl (C=O) groups excluding carboxylic acids is 1. The van der Waals surface area contributed by atoms with Gasteiger partial charge >= 0.3 is 0 Å². The summed E-state index contributed by atoms with van der Waals surface area (Å²) in [7, 11) is 1.82. The molecule has 0 radical (unpaired) electrons. The van der Waals surface area contributed by atoms with Gasteiger partial charge < -0.3 is 9.64 Å². The molecule has 0 aliphatic carbocycles. The number of aromatic nitrogens is 1. The first-order chi connectivity index (χ1) is 12.1. The summed E-state index contributed by atoms with van der Waals surface area (Å²) in [5, 5.41) is 4.69. The molecule has 0 bridgehead atoms. The van der Waals surface area contributed by atoms with Crippen molar-refractivity contribution in [2.45, 2.75) is 19.9 Å². The maximum absolute atomic E-state index is 12.7. The minimum Gasteiger partial charge on any atom is -0.494 e. The number of carbonyl (C=O) groups is 1. The summed E-state index contributed by atoms with van der Waals surface area (Å²) in [6, 6.07) is 11.9. The van der Waals surface area contributed by atoms with Gasteiger partial charge in [-0.15, -0.1) is 22.7 Å². The predicted molar refractivity (Wildman–Crippen MR) is 104 cm³/mol. The van der Waals surface area contributed by atoms with Gasteiger partial charge in [-0.2, -0.15) is 0 Å². The van der Waals surface area contributed by atoms with E-state index in [1.165, 1.54) is 11.3 Å². The summed E-state index contributed by atoms with van der Waals surface area (Å²) in [5.74, 6) is 0.776. The number of benzene rings is 1. The summed E-state index contributed by atoms with van der Waals surface area (Å²) in [5.41, 5.74) is 1.47. The Hall–Kier alpha value is -2.18. The molecule has 1 amide bonds. The molecule has 6 heteroatoms. The van der Waals surface area contributed by atoms with Crippen molar-refractivity contribution >= 4 is 28.6 Å². The van der Waals surface area contributed by atoms with Crippen molar-refractivity contribution in [3.05, 3.63) is 57.7 Å². The van der Waals surface area contributed by atoms with Gasteiger partial charge in [-0.3, -0.25) is 4.79 Å². The summed E-state index contributed by atoms with van der Waals surface area (Å²) in [6.45, 7) is 4.63. The number of thiophene rings is 1. The first-order valence-corrected chi connectivity index (χ1v) is 9.85. The molecule has 0 spiro atoms. The molecule has 2 heterocycles. The van der Waals surface area contributed by atoms with E-state index in [2.05, 4.69) is 4.98 Å². The molecular weight excluding hydrogens is 352 g/mol. The third kappa shape index (κ3) is 3.91. The highest BCUT2D eigenvalue weighted by Gasteiger charge is 2.22. The monoisotopic (exact) mass is 372 g/mol. The van der Waals surface area contributed by atoms with Crippen LogP contribution >= 0.6 is 22.7 Å². The third-order valence-corrected chi connectivity index (χ3v) is 5.93. The van der Waals surface area contributed by atoms with Crippen molar-refractivity contribution in [1.82, 2.24) is 9.88 Å². The van der Waals surface area contributed by atoms with Crippen LogP contribution in [0.15, 0.2) is 47.2 Å². The molecule has 0 aliphatic heterocycles. The molecule has 0 saturated heterocycles. The van der Waals surface area contributed by atoms with E-state index in [1.807, 2.05) is 68.1 Å². The molecule has 2 aromatic heterocycles. The van der Waals surface area contributed by atoms with Gasteiger partial charge in [-0.25, -0.2) is 4.98 Å². The number of hydrogen-bond acceptors (Lipinski definition) is 5. The van der Waals surface area contributed by atoms with Gasteiger partial charge in [0.1, 0.15) is 16.5 Å². The number of amides is 1. The van der Waals surface area contributed by atoms with Crippen molar-refractivity contribution in [1.29, 1.82) is 0 Å². The summed E-state index contributed by atoms with van der Waals surface area (Å²) < 4.78 is 5.46. The van der Waals surface area contributed by atoms with Crippen LogP contribution < -0.4 is 4.74 Å². The van der Waals surface area contributed by atoms with E-state index < -0.39 is 0 Å². The van der Waals surface area contributed by atoms with Crippen LogP contribution in [0.1, 0.15) is 35.3 Å². The molecule has 25 heavy (non-hydrogen) atoms. The highest BCUT2D eigenvalue weighted by atomic mass is 32.1. The normalized spacial score (nSPS) is 12.0. The van der Waals surface area contributed by atoms with Crippen LogP contribution in [0.5, 0.6) is 5.75 Å². The van der Waals surface area contributed by atoms with Gasteiger partial charge in [0.25, 0.3) is 5.91 Å². The van der Waals surface area contributed by atoms with E-state index in [9.17, 15) is 4.79 Å². The Bertz CT molecular complexity index is 825. The van der Waals surface area contributed by atoms with E-state index in [0.29, 0.717) is 12.3 Å². The second-order valence-corrected chi connectivity index (χ2v) is 7.44. The molecule has 0 saturated carbocycles. The van der Waals surface area contributed by atoms with Crippen LogP contribution in [0, 0.1) is 0 Å². The van der Waals surface area contributed by atoms with Crippen LogP contribution in [0.3, 0.4) is 0 Å². The van der Waals surface area contributed by atoms with Gasteiger partial charge in [0.2, 0.25) is 0 Å². The second-order valence-electron chi connectivity index (χ2n) is 5.60. The quantitative estimate of drug-likeness (QED) is 0.604. The molecule has 3 rings (SSSR count). The third-order valence-electron chi connectivity index (χ3n) is 3.99. The lowest BCUT2D eigenvalue weighted by Crippen LogP contribution is -2.29. The molecule has 3 aromatic rings. The lowest BCUT2D eigenvalue weighted by Gasteiger charge is -2.23. The van der Waals surface area contributed by atoms with E-state index in [1.54, 1.807) is 16.2 Å². The van der Waals surface area contributed by atoms with Gasteiger partial charge in [0.05, 0.1) is 12.6 Å². The molecule has 4 nitrogen and oxygen atoms in total. The standard InChI is InChI=1S/C19H20N2O2S2/c1-4-23-15-9-7-14(8-10-15)18-20-16(12-25-18)19(22)21(3)13(2)17-6-5-11-24-17/h5-13H,4H2,1-3H3. The van der Waals surface area contributed by atoms with Crippen LogP contribution in [0.25, 0.3) is 10.6 Å².